The van der Waals surface area contributed by atoms with Gasteiger partial charge >= 0.3 is 0 Å². The molecule has 1 unspecified atom stereocenters. The van der Waals surface area contributed by atoms with Crippen LogP contribution in [0.4, 0.5) is 0 Å². The summed E-state index contributed by atoms with van der Waals surface area (Å²) < 4.78 is 0. The summed E-state index contributed by atoms with van der Waals surface area (Å²) in [6, 6.07) is -1.02. The number of aliphatic hydroxyl groups is 1. The van der Waals surface area contributed by atoms with E-state index in [0.29, 0.717) is 13.0 Å². The molecule has 4 N–H and O–H groups in total. The number of nitrogens with zero attached hydrogens (tertiary/aromatic N) is 2. The van der Waals surface area contributed by atoms with Gasteiger partial charge < -0.3 is 26.0 Å². The molecule has 2 heterocycles. The molecule has 4 rings (SSSR count). The first-order valence-electron chi connectivity index (χ1n) is 15.5. The van der Waals surface area contributed by atoms with Crippen LogP contribution in [0.3, 0.4) is 0 Å². The summed E-state index contributed by atoms with van der Waals surface area (Å²) in [4.78, 5) is 44.6. The summed E-state index contributed by atoms with van der Waals surface area (Å²) in [7, 11) is 0. The molecule has 0 bridgehead atoms. The van der Waals surface area contributed by atoms with Crippen molar-refractivity contribution in [2.75, 3.05) is 32.7 Å². The first-order chi connectivity index (χ1) is 19.1. The Hall–Kier alpha value is -2.55. The monoisotopic (exact) mass is 571 g/mol. The maximum atomic E-state index is 13.7. The zero-order valence-electron chi connectivity index (χ0n) is 26.2. The molecule has 0 radical (unpaired) electrons. The van der Waals surface area contributed by atoms with Gasteiger partial charge in [0.1, 0.15) is 17.8 Å². The Balaban J connectivity index is 1.44. The fraction of sp³-hybridized carbons (Fsp3) is 0.781. The zero-order chi connectivity index (χ0) is 30.4. The Labute approximate surface area is 246 Å². The van der Waals surface area contributed by atoms with E-state index in [1.54, 1.807) is 4.90 Å². The number of likely N-dealkylation sites (N-methyl/N-ethyl adjacent to an activating group) is 1. The molecular formula is C32H53N5O4. The Bertz CT molecular complexity index is 1070. The smallest absolute Gasteiger partial charge is 0.243 e. The van der Waals surface area contributed by atoms with E-state index in [1.165, 1.54) is 12.8 Å². The first-order valence-corrected chi connectivity index (χ1v) is 15.5. The number of piperidine rings is 1. The highest BCUT2D eigenvalue weighted by molar-refractivity contribution is 5.92. The van der Waals surface area contributed by atoms with E-state index in [1.807, 2.05) is 20.8 Å². The molecule has 4 atom stereocenters. The summed E-state index contributed by atoms with van der Waals surface area (Å²) in [6.45, 7) is 22.7. The highest BCUT2D eigenvalue weighted by atomic mass is 16.3. The minimum absolute atomic E-state index is 0.0444. The lowest BCUT2D eigenvalue weighted by Gasteiger charge is -2.39. The molecule has 2 saturated carbocycles. The third kappa shape index (κ3) is 5.39. The molecule has 41 heavy (non-hydrogen) atoms. The van der Waals surface area contributed by atoms with Crippen LogP contribution in [-0.2, 0) is 14.4 Å². The summed E-state index contributed by atoms with van der Waals surface area (Å²) >= 11 is 0. The average Bonchev–Trinajstić information content (AvgIpc) is 3.12. The van der Waals surface area contributed by atoms with Crippen LogP contribution in [0.1, 0.15) is 86.5 Å². The van der Waals surface area contributed by atoms with Crippen LogP contribution in [0.2, 0.25) is 0 Å². The molecule has 2 spiro atoms. The third-order valence-electron chi connectivity index (χ3n) is 11.2. The van der Waals surface area contributed by atoms with Crippen molar-refractivity contribution in [3.05, 3.63) is 24.6 Å². The number of amides is 3. The number of rotatable bonds is 10. The number of likely N-dealkylation sites (tertiary alicyclic amines) is 2. The lowest BCUT2D eigenvalue weighted by Crippen LogP contribution is -2.56. The maximum Gasteiger partial charge on any atom is 0.243 e. The number of aliphatic hydroxyl groups excluding tert-OH is 1. The molecule has 230 valence electrons. The normalized spacial score (nSPS) is 29.0. The second-order valence-corrected chi connectivity index (χ2v) is 14.5. The summed E-state index contributed by atoms with van der Waals surface area (Å²) in [5.74, 6) is -0.922. The molecule has 9 heteroatoms. The molecule has 2 aliphatic carbocycles. The largest absolute Gasteiger partial charge is 0.511 e. The molecule has 2 aliphatic heterocycles. The fourth-order valence-corrected chi connectivity index (χ4v) is 8.49. The van der Waals surface area contributed by atoms with Crippen LogP contribution in [0.15, 0.2) is 24.6 Å². The molecule has 4 fully saturated rings. The van der Waals surface area contributed by atoms with Crippen molar-refractivity contribution in [3.63, 3.8) is 0 Å². The summed E-state index contributed by atoms with van der Waals surface area (Å²) in [6.07, 6.45) is 7.36. The third-order valence-corrected chi connectivity index (χ3v) is 11.2. The van der Waals surface area contributed by atoms with Crippen LogP contribution in [-0.4, -0.2) is 83.5 Å². The topological polar surface area (TPSA) is 114 Å². The van der Waals surface area contributed by atoms with Gasteiger partial charge in [0.15, 0.2) is 0 Å². The molecule has 9 nitrogen and oxygen atoms in total. The zero-order valence-corrected chi connectivity index (χ0v) is 26.2. The lowest BCUT2D eigenvalue weighted by atomic mass is 9.73. The molecule has 4 aliphatic rings. The van der Waals surface area contributed by atoms with E-state index in [9.17, 15) is 19.5 Å². The van der Waals surface area contributed by atoms with E-state index in [4.69, 9.17) is 0 Å². The van der Waals surface area contributed by atoms with Crippen LogP contribution >= 0.6 is 0 Å². The Morgan fingerprint density at radius 1 is 1.00 bits per heavy atom. The highest BCUT2D eigenvalue weighted by Gasteiger charge is 2.85. The van der Waals surface area contributed by atoms with E-state index in [0.717, 1.165) is 44.5 Å². The van der Waals surface area contributed by atoms with Crippen LogP contribution in [0.25, 0.3) is 0 Å². The maximum absolute atomic E-state index is 13.7. The Kier molecular flexibility index (Phi) is 8.63. The van der Waals surface area contributed by atoms with Crippen LogP contribution in [0, 0.1) is 21.7 Å². The molecule has 0 aromatic heterocycles. The number of carbonyl (C=O) groups is 3. The van der Waals surface area contributed by atoms with Gasteiger partial charge in [-0.25, -0.2) is 0 Å². The molecule has 3 amide bonds. The van der Waals surface area contributed by atoms with Gasteiger partial charge in [-0.3, -0.25) is 19.3 Å². The second-order valence-electron chi connectivity index (χ2n) is 14.5. The Morgan fingerprint density at radius 3 is 2.22 bits per heavy atom. The predicted molar refractivity (Wildman–Crippen MR) is 161 cm³/mol. The van der Waals surface area contributed by atoms with Gasteiger partial charge in [0.2, 0.25) is 17.7 Å². The van der Waals surface area contributed by atoms with Gasteiger partial charge in [0, 0.05) is 23.7 Å². The first kappa shape index (κ1) is 31.4. The van der Waals surface area contributed by atoms with Gasteiger partial charge in [-0.1, -0.05) is 67.5 Å². The molecular weight excluding hydrogens is 518 g/mol. The average molecular weight is 572 g/mol. The number of hydrogen-bond donors (Lipinski definition) is 4. The number of carbonyl (C=O) groups excluding carboxylic acids is 3. The van der Waals surface area contributed by atoms with Gasteiger partial charge in [-0.15, -0.1) is 0 Å². The van der Waals surface area contributed by atoms with E-state index >= 15 is 0 Å². The number of nitrogens with one attached hydrogen (secondary N) is 3. The fourth-order valence-electron chi connectivity index (χ4n) is 8.49. The van der Waals surface area contributed by atoms with Gasteiger partial charge in [-0.05, 0) is 61.4 Å². The van der Waals surface area contributed by atoms with Crippen molar-refractivity contribution in [3.8, 4) is 0 Å². The minimum atomic E-state index is -0.638. The van der Waals surface area contributed by atoms with Crippen molar-refractivity contribution in [2.45, 2.75) is 105 Å². The molecule has 0 aromatic carbocycles. The van der Waals surface area contributed by atoms with Crippen LogP contribution < -0.4 is 16.0 Å². The van der Waals surface area contributed by atoms with Gasteiger partial charge in [0.05, 0.1) is 13.1 Å². The number of hydrogen-bond acceptors (Lipinski definition) is 6. The van der Waals surface area contributed by atoms with Gasteiger partial charge in [-0.2, -0.15) is 0 Å². The highest BCUT2D eigenvalue weighted by Crippen LogP contribution is 2.88. The Morgan fingerprint density at radius 2 is 1.68 bits per heavy atom. The second kappa shape index (κ2) is 11.3. The summed E-state index contributed by atoms with van der Waals surface area (Å²) in [5, 5.41) is 18.6. The predicted octanol–water partition coefficient (Wildman–Crippen LogP) is 3.48. The summed E-state index contributed by atoms with van der Waals surface area (Å²) in [5.41, 5.74) is 0.545. The van der Waals surface area contributed by atoms with E-state index in [-0.39, 0.29) is 58.9 Å². The van der Waals surface area contributed by atoms with Crippen molar-refractivity contribution < 1.29 is 19.5 Å². The van der Waals surface area contributed by atoms with Gasteiger partial charge in [0.25, 0.3) is 0 Å². The lowest BCUT2D eigenvalue weighted by molar-refractivity contribution is -0.139. The minimum Gasteiger partial charge on any atom is -0.511 e. The van der Waals surface area contributed by atoms with Crippen molar-refractivity contribution in [2.24, 2.45) is 21.7 Å². The van der Waals surface area contributed by atoms with E-state index < -0.39 is 17.5 Å². The van der Waals surface area contributed by atoms with E-state index in [2.05, 4.69) is 54.8 Å². The SMILES string of the molecule is C=C(O)CNC(=O)[C@@H]1CC2(CN1C(=O)CNC(=O)[C@@H](NC(=C)[C@H]1CCCCN1CC)C(C)(C)C)C(C)(C)C21CCC1. The standard InChI is InChI=1S/C32H53N5O4/c1-9-36-16-11-10-13-23(36)22(3)35-26(29(4,5)6)28(41)34-19-25(39)37-20-32(30(7,8)31(32)14-12-15-31)17-24(37)27(40)33-18-21(2)38/h23-24,26,35,38H,2-3,9-20H2,1,4-8H3,(H,33,40)(H,34,41)/t23-,24+,26-,32?/m1/s1. The van der Waals surface area contributed by atoms with Crippen molar-refractivity contribution in [1.82, 2.24) is 25.8 Å². The quantitative estimate of drug-likeness (QED) is 0.299. The van der Waals surface area contributed by atoms with Crippen molar-refractivity contribution in [1.29, 1.82) is 0 Å². The number of fused-ring (bicyclic) bond motifs is 1. The van der Waals surface area contributed by atoms with Crippen LogP contribution in [0.5, 0.6) is 0 Å². The molecule has 2 saturated heterocycles. The molecule has 0 aromatic rings. The van der Waals surface area contributed by atoms with Crippen molar-refractivity contribution >= 4 is 17.7 Å².